The first-order chi connectivity index (χ1) is 10.5. The molecule has 2 aromatic carbocycles. The third kappa shape index (κ3) is 2.43. The van der Waals surface area contributed by atoms with Crippen LogP contribution in [0, 0.1) is 0 Å². The van der Waals surface area contributed by atoms with Crippen LogP contribution >= 0.6 is 23.2 Å². The second-order valence-corrected chi connectivity index (χ2v) is 5.74. The minimum absolute atomic E-state index is 0.414. The fourth-order valence-electron chi connectivity index (χ4n) is 2.41. The standard InChI is InChI=1S/C17H11Cl2NO2/c1-20(10-6-7-13(18)14(19)8-10)15-9-16(21)17(22)12-5-3-2-4-11(12)15/h2-9H,1H3. The number of carbonyl (C=O) groups is 2. The Labute approximate surface area is 137 Å². The third-order valence-electron chi connectivity index (χ3n) is 3.59. The third-order valence-corrected chi connectivity index (χ3v) is 4.33. The number of ketones is 2. The molecule has 22 heavy (non-hydrogen) atoms. The van der Waals surface area contributed by atoms with Crippen molar-refractivity contribution in [2.45, 2.75) is 0 Å². The molecule has 2 aromatic rings. The van der Waals surface area contributed by atoms with Crippen LogP contribution in [0.5, 0.6) is 0 Å². The summed E-state index contributed by atoms with van der Waals surface area (Å²) >= 11 is 12.0. The number of nitrogens with zero attached hydrogens (tertiary/aromatic N) is 1. The van der Waals surface area contributed by atoms with Crippen LogP contribution in [0.3, 0.4) is 0 Å². The first kappa shape index (κ1) is 14.8. The summed E-state index contributed by atoms with van der Waals surface area (Å²) in [5, 5.41) is 0.890. The number of rotatable bonds is 2. The van der Waals surface area contributed by atoms with E-state index in [-0.39, 0.29) is 0 Å². The summed E-state index contributed by atoms with van der Waals surface area (Å²) < 4.78 is 0. The van der Waals surface area contributed by atoms with Gasteiger partial charge in [0.2, 0.25) is 11.6 Å². The quantitative estimate of drug-likeness (QED) is 0.772. The lowest BCUT2D eigenvalue weighted by Gasteiger charge is -2.26. The van der Waals surface area contributed by atoms with Crippen molar-refractivity contribution >= 4 is 46.2 Å². The number of anilines is 1. The molecule has 0 radical (unpaired) electrons. The first-order valence-corrected chi connectivity index (χ1v) is 7.33. The van der Waals surface area contributed by atoms with Gasteiger partial charge in [0.1, 0.15) is 0 Å². The number of carbonyl (C=O) groups excluding carboxylic acids is 2. The van der Waals surface area contributed by atoms with Crippen LogP contribution in [0.15, 0.2) is 48.5 Å². The molecule has 0 saturated carbocycles. The van der Waals surface area contributed by atoms with Gasteiger partial charge in [-0.3, -0.25) is 9.59 Å². The van der Waals surface area contributed by atoms with E-state index >= 15 is 0 Å². The van der Waals surface area contributed by atoms with E-state index in [1.165, 1.54) is 6.08 Å². The first-order valence-electron chi connectivity index (χ1n) is 6.57. The average Bonchev–Trinajstić information content (AvgIpc) is 2.53. The molecule has 0 N–H and O–H groups in total. The normalized spacial score (nSPS) is 13.7. The molecule has 0 atom stereocenters. The molecule has 0 saturated heterocycles. The van der Waals surface area contributed by atoms with Gasteiger partial charge in [-0.2, -0.15) is 0 Å². The van der Waals surface area contributed by atoms with Crippen LogP contribution in [0.1, 0.15) is 15.9 Å². The molecule has 0 amide bonds. The fraction of sp³-hybridized carbons (Fsp3) is 0.0588. The number of Topliss-reactive ketones (excluding diaryl/α,β-unsaturated/α-hetero) is 1. The highest BCUT2D eigenvalue weighted by molar-refractivity contribution is 6.50. The Morgan fingerprint density at radius 2 is 1.59 bits per heavy atom. The Morgan fingerprint density at radius 3 is 2.27 bits per heavy atom. The second-order valence-electron chi connectivity index (χ2n) is 4.93. The van der Waals surface area contributed by atoms with E-state index in [1.54, 1.807) is 30.3 Å². The predicted octanol–water partition coefficient (Wildman–Crippen LogP) is 4.24. The SMILES string of the molecule is CN(C1=CC(=O)C(=O)c2ccccc21)c1ccc(Cl)c(Cl)c1. The van der Waals surface area contributed by atoms with Crippen molar-refractivity contribution in [1.82, 2.24) is 0 Å². The van der Waals surface area contributed by atoms with E-state index < -0.39 is 11.6 Å². The number of hydrogen-bond donors (Lipinski definition) is 0. The summed E-state index contributed by atoms with van der Waals surface area (Å²) in [7, 11) is 1.81. The minimum Gasteiger partial charge on any atom is -0.344 e. The Morgan fingerprint density at radius 1 is 0.909 bits per heavy atom. The highest BCUT2D eigenvalue weighted by Gasteiger charge is 2.27. The van der Waals surface area contributed by atoms with Gasteiger partial charge in [0.15, 0.2) is 0 Å². The van der Waals surface area contributed by atoms with Gasteiger partial charge in [0.05, 0.1) is 15.7 Å². The van der Waals surface area contributed by atoms with Gasteiger partial charge >= 0.3 is 0 Å². The number of halogens is 2. The molecule has 3 rings (SSSR count). The molecular formula is C17H11Cl2NO2. The highest BCUT2D eigenvalue weighted by Crippen LogP contribution is 2.33. The van der Waals surface area contributed by atoms with Crippen molar-refractivity contribution in [2.75, 3.05) is 11.9 Å². The number of fused-ring (bicyclic) bond motifs is 1. The van der Waals surface area contributed by atoms with Crippen molar-refractivity contribution in [1.29, 1.82) is 0 Å². The average molecular weight is 332 g/mol. The van der Waals surface area contributed by atoms with E-state index in [4.69, 9.17) is 23.2 Å². The van der Waals surface area contributed by atoms with E-state index in [2.05, 4.69) is 0 Å². The minimum atomic E-state index is -0.527. The lowest BCUT2D eigenvalue weighted by Crippen LogP contribution is -2.25. The van der Waals surface area contributed by atoms with Gasteiger partial charge in [0, 0.05) is 29.9 Å². The smallest absolute Gasteiger partial charge is 0.233 e. The van der Waals surface area contributed by atoms with E-state index in [0.29, 0.717) is 21.3 Å². The topological polar surface area (TPSA) is 37.4 Å². The summed E-state index contributed by atoms with van der Waals surface area (Å²) in [4.78, 5) is 25.7. The van der Waals surface area contributed by atoms with Gasteiger partial charge in [-0.1, -0.05) is 47.5 Å². The summed E-state index contributed by atoms with van der Waals surface area (Å²) in [6, 6.07) is 12.3. The van der Waals surface area contributed by atoms with Gasteiger partial charge in [-0.05, 0) is 18.2 Å². The molecule has 1 aliphatic rings. The van der Waals surface area contributed by atoms with Crippen LogP contribution in [0.2, 0.25) is 10.0 Å². The van der Waals surface area contributed by atoms with Crippen LogP contribution in [-0.4, -0.2) is 18.6 Å². The molecule has 0 spiro atoms. The zero-order valence-electron chi connectivity index (χ0n) is 11.6. The van der Waals surface area contributed by atoms with E-state index in [9.17, 15) is 9.59 Å². The van der Waals surface area contributed by atoms with Gasteiger partial charge in [-0.25, -0.2) is 0 Å². The van der Waals surface area contributed by atoms with Crippen molar-refractivity contribution in [2.24, 2.45) is 0 Å². The largest absolute Gasteiger partial charge is 0.344 e. The Kier molecular flexibility index (Phi) is 3.77. The zero-order chi connectivity index (χ0) is 15.9. The Balaban J connectivity index is 2.10. The molecule has 0 aromatic heterocycles. The lowest BCUT2D eigenvalue weighted by molar-refractivity contribution is -0.111. The fourth-order valence-corrected chi connectivity index (χ4v) is 2.71. The van der Waals surface area contributed by atoms with Crippen LogP contribution in [-0.2, 0) is 4.79 Å². The molecule has 1 aliphatic carbocycles. The number of benzene rings is 2. The predicted molar refractivity (Wildman–Crippen MR) is 88.6 cm³/mol. The Bertz CT molecular complexity index is 827. The molecular weight excluding hydrogens is 321 g/mol. The highest BCUT2D eigenvalue weighted by atomic mass is 35.5. The maximum atomic E-state index is 12.0. The number of hydrogen-bond acceptors (Lipinski definition) is 3. The van der Waals surface area contributed by atoms with Crippen molar-refractivity contribution in [3.05, 3.63) is 69.7 Å². The molecule has 0 bridgehead atoms. The van der Waals surface area contributed by atoms with Crippen LogP contribution in [0.4, 0.5) is 5.69 Å². The van der Waals surface area contributed by atoms with Gasteiger partial charge < -0.3 is 4.90 Å². The lowest BCUT2D eigenvalue weighted by atomic mass is 9.92. The van der Waals surface area contributed by atoms with Gasteiger partial charge in [0.25, 0.3) is 0 Å². The molecule has 0 aliphatic heterocycles. The number of allylic oxidation sites excluding steroid dienone is 1. The maximum absolute atomic E-state index is 12.0. The van der Waals surface area contributed by atoms with Crippen molar-refractivity contribution in [3.63, 3.8) is 0 Å². The molecule has 0 heterocycles. The second kappa shape index (κ2) is 5.59. The summed E-state index contributed by atoms with van der Waals surface area (Å²) in [6.45, 7) is 0. The van der Waals surface area contributed by atoms with Crippen molar-refractivity contribution < 1.29 is 9.59 Å². The Hall–Kier alpha value is -2.10. The van der Waals surface area contributed by atoms with E-state index in [0.717, 1.165) is 11.3 Å². The van der Waals surface area contributed by atoms with Crippen LogP contribution in [0.25, 0.3) is 5.70 Å². The molecule has 0 unspecified atom stereocenters. The summed E-state index contributed by atoms with van der Waals surface area (Å²) in [5.74, 6) is -1.01. The molecule has 110 valence electrons. The van der Waals surface area contributed by atoms with E-state index in [1.807, 2.05) is 24.1 Å². The maximum Gasteiger partial charge on any atom is 0.233 e. The van der Waals surface area contributed by atoms with Crippen molar-refractivity contribution in [3.8, 4) is 0 Å². The van der Waals surface area contributed by atoms with Crippen LogP contribution < -0.4 is 4.90 Å². The molecule has 3 nitrogen and oxygen atoms in total. The summed E-state index contributed by atoms with van der Waals surface area (Å²) in [5.41, 5.74) is 2.56. The van der Waals surface area contributed by atoms with Gasteiger partial charge in [-0.15, -0.1) is 0 Å². The monoisotopic (exact) mass is 331 g/mol. The zero-order valence-corrected chi connectivity index (χ0v) is 13.2. The molecule has 0 fully saturated rings. The summed E-state index contributed by atoms with van der Waals surface area (Å²) in [6.07, 6.45) is 1.35. The molecule has 5 heteroatoms.